The molecule has 0 amide bonds. The maximum Gasteiger partial charge on any atom is 0.172 e. The molecule has 0 saturated carbocycles. The summed E-state index contributed by atoms with van der Waals surface area (Å²) in [6.45, 7) is 0. The van der Waals surface area contributed by atoms with Crippen LogP contribution in [0.25, 0.3) is 43.9 Å². The number of anilines is 1. The number of aromatic nitrogens is 4. The van der Waals surface area contributed by atoms with Crippen LogP contribution >= 0.6 is 12.2 Å². The molecule has 6 nitrogen and oxygen atoms in total. The summed E-state index contributed by atoms with van der Waals surface area (Å²) in [6.07, 6.45) is 3.56. The molecule has 3 heterocycles. The number of nitrogens with one attached hydrogen (secondary N) is 1. The van der Waals surface area contributed by atoms with Gasteiger partial charge in [0, 0.05) is 42.9 Å². The second-order valence-electron chi connectivity index (χ2n) is 6.75. The number of pyridine rings is 2. The van der Waals surface area contributed by atoms with E-state index in [2.05, 4.69) is 15.3 Å². The Balaban J connectivity index is 1.83. The largest absolute Gasteiger partial charge is 0.355 e. The van der Waals surface area contributed by atoms with E-state index in [9.17, 15) is 0 Å². The second-order valence-corrected chi connectivity index (χ2v) is 7.13. The summed E-state index contributed by atoms with van der Waals surface area (Å²) in [5.74, 6) is 0. The Kier molecular flexibility index (Phi) is 3.77. The van der Waals surface area contributed by atoms with Crippen LogP contribution in [0.3, 0.4) is 0 Å². The lowest BCUT2D eigenvalue weighted by Crippen LogP contribution is -2.26. The molecule has 0 atom stereocenters. The average molecular weight is 384 g/mol. The van der Waals surface area contributed by atoms with Crippen molar-refractivity contribution in [1.82, 2.24) is 24.8 Å². The molecule has 0 unspecified atom stereocenters. The van der Waals surface area contributed by atoms with Gasteiger partial charge in [-0.2, -0.15) is 0 Å². The van der Waals surface area contributed by atoms with Crippen molar-refractivity contribution in [2.75, 3.05) is 19.4 Å². The third kappa shape index (κ3) is 2.59. The Morgan fingerprint density at radius 1 is 0.821 bits per heavy atom. The van der Waals surface area contributed by atoms with E-state index < -0.39 is 0 Å². The van der Waals surface area contributed by atoms with E-state index in [0.29, 0.717) is 5.11 Å². The van der Waals surface area contributed by atoms with Crippen molar-refractivity contribution in [3.05, 3.63) is 54.9 Å². The number of nitrogens with zero attached hydrogens (tertiary/aromatic N) is 5. The number of fused-ring (bicyclic) bond motifs is 7. The van der Waals surface area contributed by atoms with Crippen molar-refractivity contribution in [3.8, 4) is 0 Å². The third-order valence-corrected chi connectivity index (χ3v) is 5.14. The molecule has 5 aromatic rings. The summed E-state index contributed by atoms with van der Waals surface area (Å²) in [7, 11) is 3.81. The first-order valence-electron chi connectivity index (χ1n) is 8.83. The molecule has 136 valence electrons. The predicted octanol–water partition coefficient (Wildman–Crippen LogP) is 4.14. The topological polar surface area (TPSA) is 66.8 Å². The van der Waals surface area contributed by atoms with Gasteiger partial charge in [0.05, 0.1) is 33.1 Å². The fourth-order valence-corrected chi connectivity index (χ4v) is 3.43. The SMILES string of the molecule is CN(C)C(=S)Nc1ccc2nc3c4cccnc4c4ncccc4c3nc2c1. The van der Waals surface area contributed by atoms with E-state index >= 15 is 0 Å². The smallest absolute Gasteiger partial charge is 0.172 e. The fraction of sp³-hybridized carbons (Fsp3) is 0.0952. The summed E-state index contributed by atoms with van der Waals surface area (Å²) in [6, 6.07) is 13.7. The number of rotatable bonds is 1. The molecule has 3 aromatic heterocycles. The Labute approximate surface area is 166 Å². The van der Waals surface area contributed by atoms with E-state index in [1.165, 1.54) is 0 Å². The zero-order valence-electron chi connectivity index (χ0n) is 15.3. The normalized spacial score (nSPS) is 11.4. The Morgan fingerprint density at radius 3 is 2.04 bits per heavy atom. The second kappa shape index (κ2) is 6.31. The summed E-state index contributed by atoms with van der Waals surface area (Å²) in [5.41, 5.74) is 5.83. The quantitative estimate of drug-likeness (QED) is 0.265. The Bertz CT molecular complexity index is 1400. The Hall–Kier alpha value is -3.45. The summed E-state index contributed by atoms with van der Waals surface area (Å²) < 4.78 is 0. The zero-order valence-corrected chi connectivity index (χ0v) is 16.2. The molecule has 1 N–H and O–H groups in total. The van der Waals surface area contributed by atoms with Crippen LogP contribution < -0.4 is 5.32 Å². The Morgan fingerprint density at radius 2 is 1.43 bits per heavy atom. The molecule has 0 aliphatic heterocycles. The van der Waals surface area contributed by atoms with Crippen molar-refractivity contribution < 1.29 is 0 Å². The van der Waals surface area contributed by atoms with E-state index in [1.807, 2.05) is 61.5 Å². The first kappa shape index (κ1) is 16.7. The molecule has 0 bridgehead atoms. The minimum Gasteiger partial charge on any atom is -0.355 e. The highest BCUT2D eigenvalue weighted by atomic mass is 32.1. The molecular weight excluding hydrogens is 368 g/mol. The third-order valence-electron chi connectivity index (χ3n) is 4.67. The van der Waals surface area contributed by atoms with Crippen LogP contribution in [-0.2, 0) is 0 Å². The minimum atomic E-state index is 0.639. The maximum atomic E-state index is 5.34. The maximum absolute atomic E-state index is 5.34. The number of benzene rings is 2. The van der Waals surface area contributed by atoms with Gasteiger partial charge < -0.3 is 10.2 Å². The van der Waals surface area contributed by atoms with Crippen LogP contribution in [0.2, 0.25) is 0 Å². The minimum absolute atomic E-state index is 0.639. The van der Waals surface area contributed by atoms with Crippen LogP contribution in [-0.4, -0.2) is 44.0 Å². The van der Waals surface area contributed by atoms with Gasteiger partial charge in [0.1, 0.15) is 0 Å². The summed E-state index contributed by atoms with van der Waals surface area (Å²) >= 11 is 5.34. The van der Waals surface area contributed by atoms with Gasteiger partial charge >= 0.3 is 0 Å². The first-order chi connectivity index (χ1) is 13.6. The highest BCUT2D eigenvalue weighted by molar-refractivity contribution is 7.80. The van der Waals surface area contributed by atoms with Gasteiger partial charge in [-0.15, -0.1) is 0 Å². The molecular formula is C21H16N6S. The van der Waals surface area contributed by atoms with Crippen molar-refractivity contribution >= 4 is 66.9 Å². The van der Waals surface area contributed by atoms with E-state index in [1.54, 1.807) is 12.4 Å². The van der Waals surface area contributed by atoms with Crippen molar-refractivity contribution in [3.63, 3.8) is 0 Å². The molecule has 7 heteroatoms. The molecule has 0 radical (unpaired) electrons. The van der Waals surface area contributed by atoms with Crippen LogP contribution in [0, 0.1) is 0 Å². The van der Waals surface area contributed by atoms with E-state index in [0.717, 1.165) is 49.6 Å². The van der Waals surface area contributed by atoms with Gasteiger partial charge in [0.25, 0.3) is 0 Å². The highest BCUT2D eigenvalue weighted by Gasteiger charge is 2.14. The van der Waals surface area contributed by atoms with E-state index in [4.69, 9.17) is 22.2 Å². The van der Waals surface area contributed by atoms with Crippen LogP contribution in [0.4, 0.5) is 5.69 Å². The summed E-state index contributed by atoms with van der Waals surface area (Å²) in [5, 5.41) is 5.75. The first-order valence-corrected chi connectivity index (χ1v) is 9.24. The van der Waals surface area contributed by atoms with Gasteiger partial charge in [0.15, 0.2) is 5.11 Å². The van der Waals surface area contributed by atoms with Gasteiger partial charge in [-0.05, 0) is 54.7 Å². The summed E-state index contributed by atoms with van der Waals surface area (Å²) in [4.78, 5) is 20.8. The van der Waals surface area contributed by atoms with Gasteiger partial charge in [-0.1, -0.05) is 0 Å². The number of hydrogen-bond acceptors (Lipinski definition) is 5. The molecule has 5 rings (SSSR count). The van der Waals surface area contributed by atoms with Crippen molar-refractivity contribution in [1.29, 1.82) is 0 Å². The van der Waals surface area contributed by atoms with Crippen LogP contribution in [0.1, 0.15) is 0 Å². The molecule has 28 heavy (non-hydrogen) atoms. The van der Waals surface area contributed by atoms with Crippen LogP contribution in [0.15, 0.2) is 54.9 Å². The standard InChI is InChI=1S/C21H16N6S/c1-27(2)21(28)24-12-7-8-15-16(11-12)26-20-14-6-4-10-23-18(14)17-13(19(20)25-15)5-3-9-22-17/h3-11H,1-2H3,(H,24,28). The van der Waals surface area contributed by atoms with Crippen molar-refractivity contribution in [2.24, 2.45) is 0 Å². The molecule has 2 aromatic carbocycles. The fourth-order valence-electron chi connectivity index (χ4n) is 3.31. The number of thiocarbonyl (C=S) groups is 1. The lowest BCUT2D eigenvalue weighted by molar-refractivity contribution is 0.634. The van der Waals surface area contributed by atoms with E-state index in [-0.39, 0.29) is 0 Å². The van der Waals surface area contributed by atoms with Crippen molar-refractivity contribution in [2.45, 2.75) is 0 Å². The molecule has 0 aliphatic carbocycles. The van der Waals surface area contributed by atoms with Crippen LogP contribution in [0.5, 0.6) is 0 Å². The lowest BCUT2D eigenvalue weighted by Gasteiger charge is -2.15. The highest BCUT2D eigenvalue weighted by Crippen LogP contribution is 2.32. The predicted molar refractivity (Wildman–Crippen MR) is 118 cm³/mol. The molecule has 0 aliphatic rings. The zero-order chi connectivity index (χ0) is 19.3. The lowest BCUT2D eigenvalue weighted by atomic mass is 10.1. The molecule has 0 spiro atoms. The van der Waals surface area contributed by atoms with Gasteiger partial charge in [0.2, 0.25) is 0 Å². The average Bonchev–Trinajstić information content (AvgIpc) is 2.72. The number of hydrogen-bond donors (Lipinski definition) is 1. The molecule has 0 fully saturated rings. The van der Waals surface area contributed by atoms with Gasteiger partial charge in [-0.25, -0.2) is 9.97 Å². The molecule has 0 saturated heterocycles. The monoisotopic (exact) mass is 384 g/mol. The van der Waals surface area contributed by atoms with Gasteiger partial charge in [-0.3, -0.25) is 9.97 Å².